The summed E-state index contributed by atoms with van der Waals surface area (Å²) in [4.78, 5) is 4.24. The zero-order chi connectivity index (χ0) is 15.7. The van der Waals surface area contributed by atoms with E-state index in [0.29, 0.717) is 23.4 Å². The molecule has 0 radical (unpaired) electrons. The lowest BCUT2D eigenvalue weighted by atomic mass is 10.2. The molecule has 6 heteroatoms. The molecule has 0 aliphatic carbocycles. The van der Waals surface area contributed by atoms with E-state index in [9.17, 15) is 13.2 Å². The third-order valence-corrected chi connectivity index (χ3v) is 3.52. The molecule has 3 rings (SSSR count). The van der Waals surface area contributed by atoms with Gasteiger partial charge < -0.3 is 10.3 Å². The second-order valence-corrected chi connectivity index (χ2v) is 5.01. The summed E-state index contributed by atoms with van der Waals surface area (Å²) in [5.74, 6) is 0.568. The lowest BCUT2D eigenvalue weighted by Crippen LogP contribution is -2.09. The molecule has 0 saturated carbocycles. The summed E-state index contributed by atoms with van der Waals surface area (Å²) in [6.07, 6.45) is -4.37. The van der Waals surface area contributed by atoms with Gasteiger partial charge in [0, 0.05) is 6.54 Å². The van der Waals surface area contributed by atoms with Crippen molar-refractivity contribution in [3.8, 4) is 0 Å². The highest BCUT2D eigenvalue weighted by Gasteiger charge is 2.31. The van der Waals surface area contributed by atoms with E-state index in [4.69, 9.17) is 5.73 Å². The summed E-state index contributed by atoms with van der Waals surface area (Å²) >= 11 is 0. The number of fused-ring (bicyclic) bond motifs is 1. The van der Waals surface area contributed by atoms with Crippen LogP contribution in [0.5, 0.6) is 0 Å². The van der Waals surface area contributed by atoms with E-state index in [1.165, 1.54) is 6.07 Å². The van der Waals surface area contributed by atoms with E-state index in [2.05, 4.69) is 4.98 Å². The van der Waals surface area contributed by atoms with Crippen LogP contribution in [0.4, 0.5) is 13.2 Å². The number of imidazole rings is 1. The van der Waals surface area contributed by atoms with E-state index in [1.54, 1.807) is 0 Å². The summed E-state index contributed by atoms with van der Waals surface area (Å²) in [6, 6.07) is 13.2. The van der Waals surface area contributed by atoms with Gasteiger partial charge in [0.2, 0.25) is 0 Å². The van der Waals surface area contributed by atoms with Gasteiger partial charge in [-0.3, -0.25) is 0 Å². The third-order valence-electron chi connectivity index (χ3n) is 3.52. The molecule has 2 aromatic carbocycles. The van der Waals surface area contributed by atoms with Crippen molar-refractivity contribution >= 4 is 11.0 Å². The van der Waals surface area contributed by atoms with Gasteiger partial charge in [0.05, 0.1) is 23.1 Å². The van der Waals surface area contributed by atoms with Crippen molar-refractivity contribution < 1.29 is 13.2 Å². The van der Waals surface area contributed by atoms with Crippen LogP contribution in [0.1, 0.15) is 17.0 Å². The number of benzene rings is 2. The van der Waals surface area contributed by atoms with E-state index < -0.39 is 11.7 Å². The highest BCUT2D eigenvalue weighted by Crippen LogP contribution is 2.31. The monoisotopic (exact) mass is 305 g/mol. The highest BCUT2D eigenvalue weighted by molar-refractivity contribution is 5.77. The number of aromatic nitrogens is 2. The first-order valence-electron chi connectivity index (χ1n) is 6.79. The minimum Gasteiger partial charge on any atom is -0.324 e. The van der Waals surface area contributed by atoms with Crippen LogP contribution in [-0.2, 0) is 19.3 Å². The average Bonchev–Trinajstić information content (AvgIpc) is 2.84. The number of hydrogen-bond acceptors (Lipinski definition) is 2. The first kappa shape index (κ1) is 14.6. The molecule has 0 unspecified atom stereocenters. The molecule has 2 N–H and O–H groups in total. The largest absolute Gasteiger partial charge is 0.416 e. The number of halogens is 3. The van der Waals surface area contributed by atoms with Crippen LogP contribution >= 0.6 is 0 Å². The normalized spacial score (nSPS) is 12.0. The van der Waals surface area contributed by atoms with Gasteiger partial charge in [-0.05, 0) is 23.8 Å². The molecule has 0 saturated heterocycles. The fourth-order valence-corrected chi connectivity index (χ4v) is 2.45. The van der Waals surface area contributed by atoms with Gasteiger partial charge in [-0.1, -0.05) is 30.3 Å². The Morgan fingerprint density at radius 1 is 1.05 bits per heavy atom. The maximum atomic E-state index is 12.8. The fourth-order valence-electron chi connectivity index (χ4n) is 2.45. The Bertz CT molecular complexity index is 791. The maximum Gasteiger partial charge on any atom is 0.416 e. The van der Waals surface area contributed by atoms with Crippen molar-refractivity contribution in [1.82, 2.24) is 9.55 Å². The van der Waals surface area contributed by atoms with Crippen molar-refractivity contribution in [3.05, 3.63) is 65.5 Å². The van der Waals surface area contributed by atoms with Gasteiger partial charge in [-0.15, -0.1) is 0 Å². The predicted octanol–water partition coefficient (Wildman–Crippen LogP) is 3.56. The molecule has 0 fully saturated rings. The van der Waals surface area contributed by atoms with Crippen LogP contribution in [0.25, 0.3) is 11.0 Å². The van der Waals surface area contributed by atoms with Crippen molar-refractivity contribution in [3.63, 3.8) is 0 Å². The number of nitrogens with zero attached hydrogens (tertiary/aromatic N) is 2. The lowest BCUT2D eigenvalue weighted by Gasteiger charge is -2.09. The van der Waals surface area contributed by atoms with E-state index >= 15 is 0 Å². The molecule has 22 heavy (non-hydrogen) atoms. The Hall–Kier alpha value is -2.34. The minimum atomic E-state index is -4.37. The predicted molar refractivity (Wildman–Crippen MR) is 78.2 cm³/mol. The molecule has 0 aliphatic rings. The van der Waals surface area contributed by atoms with Crippen LogP contribution in [-0.4, -0.2) is 9.55 Å². The quantitative estimate of drug-likeness (QED) is 0.804. The molecule has 1 aromatic heterocycles. The number of rotatable bonds is 3. The Kier molecular flexibility index (Phi) is 3.62. The molecule has 1 heterocycles. The zero-order valence-corrected chi connectivity index (χ0v) is 11.6. The molecule has 3 aromatic rings. The third kappa shape index (κ3) is 2.69. The van der Waals surface area contributed by atoms with Crippen molar-refractivity contribution in [2.75, 3.05) is 0 Å². The lowest BCUT2D eigenvalue weighted by molar-refractivity contribution is -0.137. The summed E-state index contributed by atoms with van der Waals surface area (Å²) in [6.45, 7) is 0.693. The summed E-state index contributed by atoms with van der Waals surface area (Å²) < 4.78 is 40.2. The molecule has 0 spiro atoms. The van der Waals surface area contributed by atoms with Gasteiger partial charge in [0.25, 0.3) is 0 Å². The van der Waals surface area contributed by atoms with Gasteiger partial charge in [0.15, 0.2) is 0 Å². The maximum absolute atomic E-state index is 12.8. The molecule has 0 bridgehead atoms. The minimum absolute atomic E-state index is 0.170. The Morgan fingerprint density at radius 2 is 1.77 bits per heavy atom. The topological polar surface area (TPSA) is 43.8 Å². The van der Waals surface area contributed by atoms with Crippen molar-refractivity contribution in [1.29, 1.82) is 0 Å². The second-order valence-electron chi connectivity index (χ2n) is 5.01. The molecule has 0 atom stereocenters. The first-order valence-corrected chi connectivity index (χ1v) is 6.79. The van der Waals surface area contributed by atoms with Gasteiger partial charge in [-0.2, -0.15) is 13.2 Å². The SMILES string of the molecule is NCc1nc2cc(C(F)(F)F)ccc2n1Cc1ccccc1. The summed E-state index contributed by atoms with van der Waals surface area (Å²) in [7, 11) is 0. The Balaban J connectivity index is 2.09. The van der Waals surface area contributed by atoms with E-state index in [1.807, 2.05) is 34.9 Å². The van der Waals surface area contributed by atoms with Crippen molar-refractivity contribution in [2.24, 2.45) is 5.73 Å². The number of hydrogen-bond donors (Lipinski definition) is 1. The van der Waals surface area contributed by atoms with Gasteiger partial charge in [0.1, 0.15) is 5.82 Å². The van der Waals surface area contributed by atoms with Gasteiger partial charge >= 0.3 is 6.18 Å². The van der Waals surface area contributed by atoms with Crippen LogP contribution in [0.3, 0.4) is 0 Å². The van der Waals surface area contributed by atoms with E-state index in [0.717, 1.165) is 17.7 Å². The second kappa shape index (κ2) is 5.46. The zero-order valence-electron chi connectivity index (χ0n) is 11.6. The average molecular weight is 305 g/mol. The molecular formula is C16H14F3N3. The molecule has 114 valence electrons. The van der Waals surface area contributed by atoms with Crippen LogP contribution < -0.4 is 5.73 Å². The highest BCUT2D eigenvalue weighted by atomic mass is 19.4. The standard InChI is InChI=1S/C16H14F3N3/c17-16(18,19)12-6-7-14-13(8-12)21-15(9-20)22(14)10-11-4-2-1-3-5-11/h1-8H,9-10,20H2. The molecular weight excluding hydrogens is 291 g/mol. The van der Waals surface area contributed by atoms with Crippen molar-refractivity contribution in [2.45, 2.75) is 19.3 Å². The molecule has 0 amide bonds. The van der Waals surface area contributed by atoms with Crippen LogP contribution in [0.15, 0.2) is 48.5 Å². The summed E-state index contributed by atoms with van der Waals surface area (Å²) in [5, 5.41) is 0. The number of nitrogens with two attached hydrogens (primary N) is 1. The molecule has 0 aliphatic heterocycles. The smallest absolute Gasteiger partial charge is 0.324 e. The fraction of sp³-hybridized carbons (Fsp3) is 0.188. The van der Waals surface area contributed by atoms with Crippen LogP contribution in [0, 0.1) is 0 Å². The number of alkyl halides is 3. The van der Waals surface area contributed by atoms with Crippen LogP contribution in [0.2, 0.25) is 0 Å². The Labute approximate surface area is 125 Å². The Morgan fingerprint density at radius 3 is 2.41 bits per heavy atom. The van der Waals surface area contributed by atoms with E-state index in [-0.39, 0.29) is 6.54 Å². The summed E-state index contributed by atoms with van der Waals surface area (Å²) in [5.41, 5.74) is 6.99. The van der Waals surface area contributed by atoms with Gasteiger partial charge in [-0.25, -0.2) is 4.98 Å². The first-order chi connectivity index (χ1) is 10.5. The molecule has 3 nitrogen and oxygen atoms in total.